The Morgan fingerprint density at radius 1 is 1.57 bits per heavy atom. The number of ether oxygens (including phenoxy) is 2. The molecule has 2 aliphatic rings. The molecule has 1 aliphatic heterocycles. The van der Waals surface area contributed by atoms with Crippen LogP contribution in [0.4, 0.5) is 0 Å². The Morgan fingerprint density at radius 3 is 3.00 bits per heavy atom. The van der Waals surface area contributed by atoms with Crippen molar-refractivity contribution in [3.63, 3.8) is 0 Å². The van der Waals surface area contributed by atoms with Crippen molar-refractivity contribution in [3.8, 4) is 0 Å². The van der Waals surface area contributed by atoms with Crippen LogP contribution >= 0.6 is 0 Å². The van der Waals surface area contributed by atoms with Gasteiger partial charge >= 0.3 is 0 Å². The van der Waals surface area contributed by atoms with Crippen LogP contribution in [0.25, 0.3) is 0 Å². The molecule has 4 unspecified atom stereocenters. The van der Waals surface area contributed by atoms with Gasteiger partial charge in [-0.05, 0) is 24.7 Å². The van der Waals surface area contributed by atoms with E-state index in [2.05, 4.69) is 6.92 Å². The fourth-order valence-electron chi connectivity index (χ4n) is 2.72. The molecule has 1 saturated carbocycles. The van der Waals surface area contributed by atoms with Crippen molar-refractivity contribution in [1.82, 2.24) is 0 Å². The third-order valence-corrected chi connectivity index (χ3v) is 3.50. The van der Waals surface area contributed by atoms with Gasteiger partial charge in [-0.15, -0.1) is 0 Å². The van der Waals surface area contributed by atoms with Gasteiger partial charge in [0.1, 0.15) is 6.29 Å². The molecular formula is C11H16O3. The molecule has 0 spiro atoms. The average Bonchev–Trinajstić information content (AvgIpc) is 2.60. The van der Waals surface area contributed by atoms with E-state index in [9.17, 15) is 4.79 Å². The van der Waals surface area contributed by atoms with Gasteiger partial charge in [0.15, 0.2) is 0 Å². The molecule has 0 aromatic carbocycles. The maximum absolute atomic E-state index is 10.8. The first-order valence-corrected chi connectivity index (χ1v) is 5.11. The van der Waals surface area contributed by atoms with Crippen molar-refractivity contribution in [2.24, 2.45) is 17.8 Å². The van der Waals surface area contributed by atoms with Gasteiger partial charge in [0.05, 0.1) is 6.26 Å². The lowest BCUT2D eigenvalue weighted by Gasteiger charge is -2.33. The summed E-state index contributed by atoms with van der Waals surface area (Å²) in [5, 5.41) is 0. The number of methoxy groups -OCH3 is 1. The molecule has 0 aromatic heterocycles. The smallest absolute Gasteiger partial charge is 0.202 e. The van der Waals surface area contributed by atoms with Gasteiger partial charge in [-0.1, -0.05) is 6.92 Å². The molecule has 0 aromatic rings. The molecular weight excluding hydrogens is 180 g/mol. The second-order valence-electron chi connectivity index (χ2n) is 4.21. The van der Waals surface area contributed by atoms with E-state index >= 15 is 0 Å². The zero-order valence-electron chi connectivity index (χ0n) is 8.60. The highest BCUT2D eigenvalue weighted by Crippen LogP contribution is 2.45. The zero-order chi connectivity index (χ0) is 10.1. The van der Waals surface area contributed by atoms with Gasteiger partial charge in [0.2, 0.25) is 6.29 Å². The van der Waals surface area contributed by atoms with E-state index in [4.69, 9.17) is 9.47 Å². The second-order valence-corrected chi connectivity index (χ2v) is 4.21. The maximum Gasteiger partial charge on any atom is 0.202 e. The highest BCUT2D eigenvalue weighted by atomic mass is 16.7. The summed E-state index contributed by atoms with van der Waals surface area (Å²) in [5.41, 5.74) is 0.799. The minimum Gasteiger partial charge on any atom is -0.472 e. The Hall–Kier alpha value is -0.830. The fourth-order valence-corrected chi connectivity index (χ4v) is 2.72. The highest BCUT2D eigenvalue weighted by molar-refractivity contribution is 5.74. The first-order chi connectivity index (χ1) is 6.77. The summed E-state index contributed by atoms with van der Waals surface area (Å²) in [6.45, 7) is 2.20. The molecule has 0 radical (unpaired) electrons. The molecule has 3 nitrogen and oxygen atoms in total. The molecule has 0 N–H and O–H groups in total. The van der Waals surface area contributed by atoms with E-state index in [0.717, 1.165) is 24.7 Å². The van der Waals surface area contributed by atoms with Crippen molar-refractivity contribution in [3.05, 3.63) is 11.8 Å². The summed E-state index contributed by atoms with van der Waals surface area (Å²) in [5.74, 6) is 1.28. The van der Waals surface area contributed by atoms with Crippen LogP contribution < -0.4 is 0 Å². The van der Waals surface area contributed by atoms with Gasteiger partial charge in [-0.25, -0.2) is 0 Å². The molecule has 14 heavy (non-hydrogen) atoms. The van der Waals surface area contributed by atoms with Gasteiger partial charge in [0.25, 0.3) is 0 Å². The highest BCUT2D eigenvalue weighted by Gasteiger charge is 2.44. The predicted molar refractivity (Wildman–Crippen MR) is 51.4 cm³/mol. The molecule has 1 aliphatic carbocycles. The van der Waals surface area contributed by atoms with Gasteiger partial charge < -0.3 is 9.47 Å². The Kier molecular flexibility index (Phi) is 2.59. The number of aldehydes is 1. The van der Waals surface area contributed by atoms with Crippen molar-refractivity contribution >= 4 is 6.29 Å². The lowest BCUT2D eigenvalue weighted by molar-refractivity contribution is -0.146. The number of carbonyl (C=O) groups is 1. The summed E-state index contributed by atoms with van der Waals surface area (Å²) < 4.78 is 10.7. The molecule has 0 saturated heterocycles. The normalized spacial score (nSPS) is 41.1. The quantitative estimate of drug-likeness (QED) is 0.631. The summed E-state index contributed by atoms with van der Waals surface area (Å²) >= 11 is 0. The summed E-state index contributed by atoms with van der Waals surface area (Å²) in [6, 6.07) is 0. The van der Waals surface area contributed by atoms with Crippen LogP contribution in [-0.4, -0.2) is 19.7 Å². The number of hydrogen-bond acceptors (Lipinski definition) is 3. The van der Waals surface area contributed by atoms with Crippen LogP contribution in [0.3, 0.4) is 0 Å². The summed E-state index contributed by atoms with van der Waals surface area (Å²) in [7, 11) is 1.66. The van der Waals surface area contributed by atoms with Crippen molar-refractivity contribution in [2.45, 2.75) is 26.1 Å². The van der Waals surface area contributed by atoms with E-state index < -0.39 is 0 Å². The molecule has 78 valence electrons. The van der Waals surface area contributed by atoms with Crippen LogP contribution in [-0.2, 0) is 14.3 Å². The summed E-state index contributed by atoms with van der Waals surface area (Å²) in [4.78, 5) is 10.8. The van der Waals surface area contributed by atoms with E-state index in [1.807, 2.05) is 0 Å². The van der Waals surface area contributed by atoms with Crippen molar-refractivity contribution < 1.29 is 14.3 Å². The van der Waals surface area contributed by atoms with E-state index in [1.54, 1.807) is 13.4 Å². The first-order valence-electron chi connectivity index (χ1n) is 5.11. The minimum absolute atomic E-state index is 0.166. The van der Waals surface area contributed by atoms with Crippen molar-refractivity contribution in [2.75, 3.05) is 7.11 Å². The Morgan fingerprint density at radius 2 is 2.36 bits per heavy atom. The zero-order valence-corrected chi connectivity index (χ0v) is 8.60. The van der Waals surface area contributed by atoms with Crippen molar-refractivity contribution in [1.29, 1.82) is 0 Å². The Bertz CT molecular complexity index is 259. The van der Waals surface area contributed by atoms with Crippen LogP contribution in [0, 0.1) is 17.8 Å². The van der Waals surface area contributed by atoms with Crippen LogP contribution in [0.1, 0.15) is 19.8 Å². The number of rotatable bonds is 2. The van der Waals surface area contributed by atoms with E-state index in [-0.39, 0.29) is 6.29 Å². The minimum atomic E-state index is -0.166. The number of fused-ring (bicyclic) bond motifs is 1. The van der Waals surface area contributed by atoms with Crippen LogP contribution in [0.15, 0.2) is 11.8 Å². The third kappa shape index (κ3) is 1.36. The second kappa shape index (κ2) is 3.73. The topological polar surface area (TPSA) is 35.5 Å². The monoisotopic (exact) mass is 196 g/mol. The average molecular weight is 196 g/mol. The lowest BCUT2D eigenvalue weighted by atomic mass is 9.84. The Balaban J connectivity index is 2.25. The largest absolute Gasteiger partial charge is 0.472 e. The molecule has 4 atom stereocenters. The molecule has 0 amide bonds. The number of allylic oxidation sites excluding steroid dienone is 1. The molecule has 0 bridgehead atoms. The third-order valence-electron chi connectivity index (χ3n) is 3.50. The Labute approximate surface area is 84.1 Å². The van der Waals surface area contributed by atoms with Gasteiger partial charge in [0, 0.05) is 18.6 Å². The molecule has 3 heteroatoms. The fraction of sp³-hybridized carbons (Fsp3) is 0.727. The SMILES string of the molecule is COC1OC=C(C=O)C2CCC(C)C12. The predicted octanol–water partition coefficient (Wildman–Crippen LogP) is 1.73. The summed E-state index contributed by atoms with van der Waals surface area (Å²) in [6.07, 6.45) is 4.56. The first kappa shape index (κ1) is 9.71. The number of carbonyl (C=O) groups excluding carboxylic acids is 1. The molecule has 1 heterocycles. The van der Waals surface area contributed by atoms with E-state index in [1.165, 1.54) is 0 Å². The van der Waals surface area contributed by atoms with Crippen LogP contribution in [0.5, 0.6) is 0 Å². The van der Waals surface area contributed by atoms with Gasteiger partial charge in [-0.2, -0.15) is 0 Å². The van der Waals surface area contributed by atoms with Crippen LogP contribution in [0.2, 0.25) is 0 Å². The standard InChI is InChI=1S/C11H16O3/c1-7-3-4-9-8(5-12)6-14-11(13-2)10(7)9/h5-7,9-11H,3-4H2,1-2H3. The van der Waals surface area contributed by atoms with Gasteiger partial charge in [-0.3, -0.25) is 4.79 Å². The molecule has 2 rings (SSSR count). The van der Waals surface area contributed by atoms with E-state index in [0.29, 0.717) is 17.8 Å². The number of hydrogen-bond donors (Lipinski definition) is 0. The maximum atomic E-state index is 10.8. The lowest BCUT2D eigenvalue weighted by Crippen LogP contribution is -2.35. The molecule has 1 fully saturated rings.